The number of nitrogens with one attached hydrogen (secondary N) is 1. The quantitative estimate of drug-likeness (QED) is 0.270. The summed E-state index contributed by atoms with van der Waals surface area (Å²) in [6, 6.07) is 4.15. The van der Waals surface area contributed by atoms with Crippen LogP contribution in [0, 0.1) is 5.92 Å². The van der Waals surface area contributed by atoms with Gasteiger partial charge in [-0.05, 0) is 24.6 Å². The molecule has 3 aromatic rings. The number of aliphatic hydroxyl groups is 2. The number of ketones is 1. The zero-order valence-electron chi connectivity index (χ0n) is 18.1. The highest BCUT2D eigenvalue weighted by molar-refractivity contribution is 7.84. The molecular formula is C20H22ClN7O6S. The highest BCUT2D eigenvalue weighted by Crippen LogP contribution is 2.30. The lowest BCUT2D eigenvalue weighted by molar-refractivity contribution is 0.00778. The summed E-state index contributed by atoms with van der Waals surface area (Å²) in [7, 11) is -4.20. The molecule has 186 valence electrons. The van der Waals surface area contributed by atoms with E-state index in [1.54, 1.807) is 30.6 Å². The fourth-order valence-electron chi connectivity index (χ4n) is 3.81. The van der Waals surface area contributed by atoms with Crippen LogP contribution in [0.4, 0.5) is 5.82 Å². The van der Waals surface area contributed by atoms with Crippen LogP contribution in [0.1, 0.15) is 28.2 Å². The van der Waals surface area contributed by atoms with E-state index in [2.05, 4.69) is 29.6 Å². The molecule has 1 fully saturated rings. The van der Waals surface area contributed by atoms with Crippen LogP contribution in [0.5, 0.6) is 0 Å². The van der Waals surface area contributed by atoms with E-state index in [1.165, 1.54) is 17.2 Å². The lowest BCUT2D eigenvalue weighted by Gasteiger charge is -2.19. The third kappa shape index (κ3) is 6.17. The zero-order valence-corrected chi connectivity index (χ0v) is 19.7. The van der Waals surface area contributed by atoms with E-state index in [0.717, 1.165) is 0 Å². The molecule has 5 N–H and O–H groups in total. The molecule has 1 aliphatic carbocycles. The number of nitrogens with zero attached hydrogens (tertiary/aromatic N) is 5. The first-order valence-electron chi connectivity index (χ1n) is 10.4. The van der Waals surface area contributed by atoms with Gasteiger partial charge in [-0.15, -0.1) is 0 Å². The minimum Gasteiger partial charge on any atom is -0.390 e. The van der Waals surface area contributed by atoms with E-state index in [9.17, 15) is 23.4 Å². The topological polar surface area (TPSA) is 195 Å². The van der Waals surface area contributed by atoms with E-state index in [4.69, 9.17) is 16.7 Å². The van der Waals surface area contributed by atoms with Gasteiger partial charge in [0.1, 0.15) is 23.9 Å². The maximum atomic E-state index is 13.1. The molecular weight excluding hydrogens is 502 g/mol. The van der Waals surface area contributed by atoms with E-state index in [-0.39, 0.29) is 23.5 Å². The van der Waals surface area contributed by atoms with Crippen molar-refractivity contribution in [2.75, 3.05) is 11.9 Å². The summed E-state index contributed by atoms with van der Waals surface area (Å²) in [5.41, 5.74) is 0.903. The Kier molecular flexibility index (Phi) is 7.39. The molecule has 0 spiro atoms. The van der Waals surface area contributed by atoms with Crippen molar-refractivity contribution in [3.63, 3.8) is 0 Å². The van der Waals surface area contributed by atoms with Crippen molar-refractivity contribution in [1.82, 2.24) is 24.7 Å². The van der Waals surface area contributed by atoms with Crippen molar-refractivity contribution in [2.45, 2.75) is 31.2 Å². The molecule has 3 heterocycles. The average Bonchev–Trinajstić information content (AvgIpc) is 3.37. The molecule has 4 atom stereocenters. The van der Waals surface area contributed by atoms with Gasteiger partial charge in [-0.3, -0.25) is 18.6 Å². The van der Waals surface area contributed by atoms with Gasteiger partial charge < -0.3 is 15.5 Å². The standard InChI is InChI=1S/C20H22ClN7O6S/c21-12-1-3-24-13(6-12)8-28-4-2-15(27-28)18(30)14-7-23-10-25-20(14)26-16-5-11(17(29)19(16)31)9-34-35(22,32)33/h1-4,6-7,10-11,16-17,19,29,31H,5,8-9H2,(H2,22,32,33)(H,23,25,26)/t11-,16-,17-,19+/m1/s1. The Morgan fingerprint density at radius 2 is 2.09 bits per heavy atom. The zero-order chi connectivity index (χ0) is 25.2. The van der Waals surface area contributed by atoms with Crippen molar-refractivity contribution in [2.24, 2.45) is 11.1 Å². The van der Waals surface area contributed by atoms with Gasteiger partial charge in [-0.1, -0.05) is 11.6 Å². The largest absolute Gasteiger partial charge is 0.390 e. The van der Waals surface area contributed by atoms with Gasteiger partial charge in [0.15, 0.2) is 0 Å². The van der Waals surface area contributed by atoms with E-state index in [0.29, 0.717) is 17.3 Å². The molecule has 0 unspecified atom stereocenters. The molecule has 1 saturated carbocycles. The van der Waals surface area contributed by atoms with Crippen LogP contribution in [0.25, 0.3) is 0 Å². The minimum absolute atomic E-state index is 0.101. The first-order valence-corrected chi connectivity index (χ1v) is 12.2. The summed E-state index contributed by atoms with van der Waals surface area (Å²) in [6.07, 6.45) is 3.33. The van der Waals surface area contributed by atoms with Gasteiger partial charge in [0.05, 0.1) is 36.6 Å². The summed E-state index contributed by atoms with van der Waals surface area (Å²) in [6.45, 7) is -0.0951. The van der Waals surface area contributed by atoms with Crippen LogP contribution in [-0.4, -0.2) is 74.0 Å². The Balaban J connectivity index is 1.47. The van der Waals surface area contributed by atoms with Gasteiger partial charge in [-0.2, -0.15) is 13.5 Å². The number of aromatic nitrogens is 5. The van der Waals surface area contributed by atoms with Crippen molar-refractivity contribution >= 4 is 33.5 Å². The third-order valence-electron chi connectivity index (χ3n) is 5.50. The summed E-state index contributed by atoms with van der Waals surface area (Å²) >= 11 is 5.98. The van der Waals surface area contributed by atoms with Crippen LogP contribution < -0.4 is 10.5 Å². The van der Waals surface area contributed by atoms with Gasteiger partial charge in [0, 0.05) is 29.5 Å². The molecule has 0 radical (unpaired) electrons. The second-order valence-corrected chi connectivity index (χ2v) is 9.64. The first-order chi connectivity index (χ1) is 16.6. The molecule has 13 nitrogen and oxygen atoms in total. The summed E-state index contributed by atoms with van der Waals surface area (Å²) in [5, 5.41) is 33.3. The highest BCUT2D eigenvalue weighted by Gasteiger charge is 2.42. The van der Waals surface area contributed by atoms with Gasteiger partial charge in [0.25, 0.3) is 0 Å². The molecule has 4 rings (SSSR count). The molecule has 3 aromatic heterocycles. The number of rotatable bonds is 9. The Bertz CT molecular complexity index is 1320. The van der Waals surface area contributed by atoms with Crippen molar-refractivity contribution in [1.29, 1.82) is 0 Å². The maximum Gasteiger partial charge on any atom is 0.333 e. The number of hydrogen-bond acceptors (Lipinski definition) is 11. The van der Waals surface area contributed by atoms with Crippen LogP contribution in [0.2, 0.25) is 5.02 Å². The Morgan fingerprint density at radius 3 is 2.83 bits per heavy atom. The SMILES string of the molecule is NS(=O)(=O)OC[C@H]1C[C@@H](Nc2ncncc2C(=O)c2ccn(Cc3cc(Cl)ccn3)n2)[C@H](O)[C@@H]1O. The van der Waals surface area contributed by atoms with Gasteiger partial charge in [-0.25, -0.2) is 15.1 Å². The third-order valence-corrected chi connectivity index (χ3v) is 6.20. The van der Waals surface area contributed by atoms with E-state index in [1.807, 2.05) is 0 Å². The normalized spacial score (nSPS) is 22.3. The van der Waals surface area contributed by atoms with Crippen molar-refractivity contribution < 1.29 is 27.6 Å². The average molecular weight is 524 g/mol. The molecule has 35 heavy (non-hydrogen) atoms. The lowest BCUT2D eigenvalue weighted by Crippen LogP contribution is -2.36. The predicted octanol–water partition coefficient (Wildman–Crippen LogP) is -0.257. The Labute approximate surface area is 205 Å². The summed E-state index contributed by atoms with van der Waals surface area (Å²) < 4.78 is 28.2. The number of pyridine rings is 1. The number of hydrogen-bond donors (Lipinski definition) is 4. The van der Waals surface area contributed by atoms with Crippen LogP contribution in [-0.2, 0) is 21.0 Å². The molecule has 15 heteroatoms. The fourth-order valence-corrected chi connectivity index (χ4v) is 4.36. The second-order valence-electron chi connectivity index (χ2n) is 7.98. The van der Waals surface area contributed by atoms with Gasteiger partial charge >= 0.3 is 10.3 Å². The number of nitrogens with two attached hydrogens (primary N) is 1. The number of halogens is 1. The van der Waals surface area contributed by atoms with Crippen LogP contribution in [0.15, 0.2) is 43.1 Å². The van der Waals surface area contributed by atoms with E-state index < -0.39 is 46.9 Å². The number of aliphatic hydroxyl groups excluding tert-OH is 2. The maximum absolute atomic E-state index is 13.1. The van der Waals surface area contributed by atoms with E-state index >= 15 is 0 Å². The molecule has 0 bridgehead atoms. The molecule has 0 aromatic carbocycles. The smallest absolute Gasteiger partial charge is 0.333 e. The molecule has 0 aliphatic heterocycles. The first kappa shape index (κ1) is 25.1. The monoisotopic (exact) mass is 523 g/mol. The second kappa shape index (κ2) is 10.3. The number of anilines is 1. The predicted molar refractivity (Wildman–Crippen MR) is 123 cm³/mol. The van der Waals surface area contributed by atoms with Crippen LogP contribution >= 0.6 is 11.6 Å². The van der Waals surface area contributed by atoms with Crippen molar-refractivity contribution in [3.8, 4) is 0 Å². The summed E-state index contributed by atoms with van der Waals surface area (Å²) in [5.74, 6) is -1.05. The lowest BCUT2D eigenvalue weighted by atomic mass is 10.1. The molecule has 1 aliphatic rings. The fraction of sp³-hybridized carbons (Fsp3) is 0.350. The van der Waals surface area contributed by atoms with Crippen LogP contribution in [0.3, 0.4) is 0 Å². The Hall–Kier alpha value is -3.01. The minimum atomic E-state index is -4.20. The molecule has 0 amide bonds. The summed E-state index contributed by atoms with van der Waals surface area (Å²) in [4.78, 5) is 25.4. The number of carbonyl (C=O) groups excluding carboxylic acids is 1. The number of carbonyl (C=O) groups is 1. The Morgan fingerprint density at radius 1 is 1.29 bits per heavy atom. The molecule has 0 saturated heterocycles. The highest BCUT2D eigenvalue weighted by atomic mass is 35.5. The van der Waals surface area contributed by atoms with Crippen molar-refractivity contribution in [3.05, 3.63) is 65.1 Å². The van der Waals surface area contributed by atoms with Gasteiger partial charge in [0.2, 0.25) is 5.78 Å².